The van der Waals surface area contributed by atoms with Gasteiger partial charge >= 0.3 is 6.18 Å². The third-order valence-corrected chi connectivity index (χ3v) is 6.14. The number of hydrogen-bond acceptors (Lipinski definition) is 3. The summed E-state index contributed by atoms with van der Waals surface area (Å²) in [6.07, 6.45) is 5.98. The van der Waals surface area contributed by atoms with Gasteiger partial charge in [-0.15, -0.1) is 0 Å². The summed E-state index contributed by atoms with van der Waals surface area (Å²) in [6.45, 7) is 0.455. The quantitative estimate of drug-likeness (QED) is 0.633. The number of fused-ring (bicyclic) bond motifs is 3. The predicted octanol–water partition coefficient (Wildman–Crippen LogP) is 4.30. The van der Waals surface area contributed by atoms with Crippen LogP contribution in [-0.4, -0.2) is 23.8 Å². The average Bonchev–Trinajstić information content (AvgIpc) is 2.71. The van der Waals surface area contributed by atoms with Crippen molar-refractivity contribution in [2.24, 2.45) is 17.6 Å². The minimum absolute atomic E-state index is 0.0909. The van der Waals surface area contributed by atoms with Gasteiger partial charge in [0.1, 0.15) is 0 Å². The monoisotopic (exact) mass is 423 g/mol. The molecule has 0 amide bonds. The van der Waals surface area contributed by atoms with Crippen molar-refractivity contribution in [1.29, 1.82) is 0 Å². The molecule has 4 N–H and O–H groups in total. The maximum Gasteiger partial charge on any atom is 0.416 e. The Balaban J connectivity index is 1.66. The zero-order valence-corrected chi connectivity index (χ0v) is 16.6. The number of allylic oxidation sites excluding steroid dienone is 3. The van der Waals surface area contributed by atoms with Gasteiger partial charge in [-0.2, -0.15) is 13.2 Å². The second kappa shape index (κ2) is 7.99. The summed E-state index contributed by atoms with van der Waals surface area (Å²) >= 11 is 4.87. The number of alkyl halides is 3. The molecule has 29 heavy (non-hydrogen) atoms. The fraction of sp³-hybridized carbons (Fsp3) is 0.476. The van der Waals surface area contributed by atoms with Crippen LogP contribution in [0.2, 0.25) is 0 Å². The van der Waals surface area contributed by atoms with Crippen molar-refractivity contribution in [2.75, 3.05) is 11.9 Å². The lowest BCUT2D eigenvalue weighted by Gasteiger charge is -2.47. The highest BCUT2D eigenvalue weighted by atomic mass is 32.1. The summed E-state index contributed by atoms with van der Waals surface area (Å²) in [7, 11) is 0. The maximum absolute atomic E-state index is 13.3. The van der Waals surface area contributed by atoms with Crippen LogP contribution in [0, 0.1) is 11.8 Å². The van der Waals surface area contributed by atoms with Crippen molar-refractivity contribution < 1.29 is 17.9 Å². The minimum atomic E-state index is -4.39. The van der Waals surface area contributed by atoms with Gasteiger partial charge in [-0.25, -0.2) is 0 Å². The van der Waals surface area contributed by atoms with Crippen molar-refractivity contribution in [3.8, 4) is 0 Å². The first-order valence-electron chi connectivity index (χ1n) is 9.82. The molecule has 1 fully saturated rings. The molecule has 1 aliphatic carbocycles. The fourth-order valence-corrected chi connectivity index (χ4v) is 4.71. The second-order valence-electron chi connectivity index (χ2n) is 7.85. The molecule has 5 atom stereocenters. The molecule has 0 radical (unpaired) electrons. The van der Waals surface area contributed by atoms with Gasteiger partial charge in [-0.3, -0.25) is 0 Å². The lowest BCUT2D eigenvalue weighted by Crippen LogP contribution is -2.48. The Hall–Kier alpha value is -2.06. The van der Waals surface area contributed by atoms with Crippen LogP contribution in [0.1, 0.15) is 36.5 Å². The van der Waals surface area contributed by atoms with E-state index in [1.54, 1.807) is 0 Å². The SMILES string of the molecule is NC(=S)NC[C@H]1CC[C@@H]2[C@H](O1)c1cc(C(F)(F)F)ccc1N[C@H]2C1C=CC=CC1. The molecule has 2 aliphatic heterocycles. The lowest BCUT2D eigenvalue weighted by atomic mass is 9.73. The van der Waals surface area contributed by atoms with E-state index in [2.05, 4.69) is 22.8 Å². The Morgan fingerprint density at radius 1 is 1.28 bits per heavy atom. The highest BCUT2D eigenvalue weighted by Crippen LogP contribution is 2.49. The van der Waals surface area contributed by atoms with Crippen molar-refractivity contribution in [1.82, 2.24) is 5.32 Å². The Morgan fingerprint density at radius 2 is 2.10 bits per heavy atom. The molecule has 3 aliphatic rings. The van der Waals surface area contributed by atoms with Gasteiger partial charge in [0.2, 0.25) is 0 Å². The number of nitrogens with two attached hydrogens (primary N) is 1. The first kappa shape index (κ1) is 20.2. The van der Waals surface area contributed by atoms with Gasteiger partial charge in [0.25, 0.3) is 0 Å². The van der Waals surface area contributed by atoms with E-state index in [4.69, 9.17) is 22.7 Å². The van der Waals surface area contributed by atoms with Crippen LogP contribution in [0.15, 0.2) is 42.5 Å². The van der Waals surface area contributed by atoms with Crippen LogP contribution in [0.25, 0.3) is 0 Å². The Bertz CT molecular complexity index is 839. The van der Waals surface area contributed by atoms with E-state index >= 15 is 0 Å². The number of thiocarbonyl (C=S) groups is 1. The molecule has 1 aromatic carbocycles. The molecule has 1 unspecified atom stereocenters. The van der Waals surface area contributed by atoms with Gasteiger partial charge in [0, 0.05) is 35.7 Å². The third kappa shape index (κ3) is 4.28. The summed E-state index contributed by atoms with van der Waals surface area (Å²) < 4.78 is 46.3. The Kier molecular flexibility index (Phi) is 5.57. The topological polar surface area (TPSA) is 59.3 Å². The van der Waals surface area contributed by atoms with E-state index in [0.717, 1.165) is 31.0 Å². The molecular weight excluding hydrogens is 399 g/mol. The Morgan fingerprint density at radius 3 is 2.79 bits per heavy atom. The third-order valence-electron chi connectivity index (χ3n) is 6.00. The zero-order chi connectivity index (χ0) is 20.6. The molecule has 2 heterocycles. The first-order chi connectivity index (χ1) is 13.8. The number of ether oxygens (including phenoxy) is 1. The van der Waals surface area contributed by atoms with Crippen LogP contribution in [0.4, 0.5) is 18.9 Å². The molecular formula is C21H24F3N3OS. The van der Waals surface area contributed by atoms with Crippen molar-refractivity contribution >= 4 is 23.0 Å². The van der Waals surface area contributed by atoms with E-state index in [0.29, 0.717) is 12.1 Å². The number of halogens is 3. The molecule has 0 spiro atoms. The van der Waals surface area contributed by atoms with Gasteiger partial charge in [-0.1, -0.05) is 24.3 Å². The smallest absolute Gasteiger partial charge is 0.381 e. The Labute approximate surface area is 173 Å². The van der Waals surface area contributed by atoms with E-state index < -0.39 is 17.8 Å². The van der Waals surface area contributed by atoms with Crippen LogP contribution in [-0.2, 0) is 10.9 Å². The van der Waals surface area contributed by atoms with E-state index in [1.807, 2.05) is 12.2 Å². The van der Waals surface area contributed by atoms with E-state index in [9.17, 15) is 13.2 Å². The number of anilines is 1. The maximum atomic E-state index is 13.3. The van der Waals surface area contributed by atoms with Crippen molar-refractivity contribution in [2.45, 2.75) is 43.7 Å². The summed E-state index contributed by atoms with van der Waals surface area (Å²) in [5, 5.41) is 6.63. The number of rotatable bonds is 3. The molecule has 8 heteroatoms. The molecule has 1 saturated heterocycles. The highest BCUT2D eigenvalue weighted by Gasteiger charge is 2.44. The average molecular weight is 424 g/mol. The fourth-order valence-electron chi connectivity index (χ4n) is 4.63. The standard InChI is InChI=1S/C21H24F3N3OS/c22-21(23,24)13-6-9-17-16(10-13)19-15(8-7-14(28-19)11-26-20(25)29)18(27-17)12-4-2-1-3-5-12/h1-4,6,9-10,12,14-15,18-19,27H,5,7-8,11H2,(H3,25,26,29)/t12?,14-,15+,18+,19+/m1/s1. The largest absolute Gasteiger partial charge is 0.416 e. The van der Waals surface area contributed by atoms with Gasteiger partial charge in [-0.05, 0) is 49.7 Å². The molecule has 0 aromatic heterocycles. The predicted molar refractivity (Wildman–Crippen MR) is 110 cm³/mol. The van der Waals surface area contributed by atoms with Gasteiger partial charge in [0.15, 0.2) is 5.11 Å². The minimum Gasteiger partial charge on any atom is -0.381 e. The summed E-state index contributed by atoms with van der Waals surface area (Å²) in [5.41, 5.74) is 6.17. The summed E-state index contributed by atoms with van der Waals surface area (Å²) in [4.78, 5) is 0. The van der Waals surface area contributed by atoms with Gasteiger partial charge in [0.05, 0.1) is 17.8 Å². The normalized spacial score (nSPS) is 30.8. The molecule has 4 rings (SSSR count). The van der Waals surface area contributed by atoms with Crippen LogP contribution >= 0.6 is 12.2 Å². The highest BCUT2D eigenvalue weighted by molar-refractivity contribution is 7.80. The lowest BCUT2D eigenvalue weighted by molar-refractivity contribution is -0.138. The van der Waals surface area contributed by atoms with Gasteiger partial charge < -0.3 is 21.1 Å². The van der Waals surface area contributed by atoms with E-state index in [-0.39, 0.29) is 29.1 Å². The van der Waals surface area contributed by atoms with Crippen LogP contribution in [0.3, 0.4) is 0 Å². The van der Waals surface area contributed by atoms with Crippen LogP contribution < -0.4 is 16.4 Å². The number of hydrogen-bond donors (Lipinski definition) is 3. The number of benzene rings is 1. The van der Waals surface area contributed by atoms with Crippen molar-refractivity contribution in [3.63, 3.8) is 0 Å². The molecule has 1 aromatic rings. The molecule has 0 saturated carbocycles. The summed E-state index contributed by atoms with van der Waals surface area (Å²) in [6, 6.07) is 4.00. The van der Waals surface area contributed by atoms with E-state index in [1.165, 1.54) is 12.1 Å². The van der Waals surface area contributed by atoms with Crippen LogP contribution in [0.5, 0.6) is 0 Å². The molecule has 0 bridgehead atoms. The summed E-state index contributed by atoms with van der Waals surface area (Å²) in [5.74, 6) is 0.367. The molecule has 4 nitrogen and oxygen atoms in total. The second-order valence-corrected chi connectivity index (χ2v) is 8.29. The number of nitrogens with one attached hydrogen (secondary N) is 2. The zero-order valence-electron chi connectivity index (χ0n) is 15.8. The molecule has 156 valence electrons. The van der Waals surface area contributed by atoms with Crippen molar-refractivity contribution in [3.05, 3.63) is 53.6 Å². The first-order valence-corrected chi connectivity index (χ1v) is 10.2.